The van der Waals surface area contributed by atoms with E-state index in [0.717, 1.165) is 11.1 Å². The molecule has 1 unspecified atom stereocenters. The van der Waals surface area contributed by atoms with Gasteiger partial charge in [0, 0.05) is 23.7 Å². The largest absolute Gasteiger partial charge is 0.497 e. The molecule has 0 spiro atoms. The van der Waals surface area contributed by atoms with E-state index in [1.165, 1.54) is 19.2 Å². The van der Waals surface area contributed by atoms with Gasteiger partial charge in [0.1, 0.15) is 17.4 Å². The van der Waals surface area contributed by atoms with E-state index in [-0.39, 0.29) is 11.3 Å². The van der Waals surface area contributed by atoms with Crippen molar-refractivity contribution in [2.45, 2.75) is 19.4 Å². The fourth-order valence-corrected chi connectivity index (χ4v) is 2.32. The molecule has 0 aliphatic rings. The molecule has 0 amide bonds. The second-order valence-electron chi connectivity index (χ2n) is 5.04. The number of hydrogen-bond donors (Lipinski definition) is 1. The predicted octanol–water partition coefficient (Wildman–Crippen LogP) is 3.79. The Hall–Kier alpha value is -1.94. The molecule has 0 saturated heterocycles. The van der Waals surface area contributed by atoms with Gasteiger partial charge in [-0.3, -0.25) is 0 Å². The summed E-state index contributed by atoms with van der Waals surface area (Å²) in [4.78, 5) is 0. The summed E-state index contributed by atoms with van der Waals surface area (Å²) in [6.45, 7) is 2.00. The van der Waals surface area contributed by atoms with Crippen molar-refractivity contribution in [3.05, 3.63) is 64.7 Å². The zero-order chi connectivity index (χ0) is 15.4. The van der Waals surface area contributed by atoms with Gasteiger partial charge < -0.3 is 10.1 Å². The van der Waals surface area contributed by atoms with Crippen LogP contribution in [0.2, 0.25) is 0 Å². The molecule has 21 heavy (non-hydrogen) atoms. The average Bonchev–Trinajstić information content (AvgIpc) is 2.47. The first-order valence-electron chi connectivity index (χ1n) is 6.81. The fraction of sp³-hybridized carbons (Fsp3) is 0.294. The molecule has 0 aliphatic heterocycles. The highest BCUT2D eigenvalue weighted by Crippen LogP contribution is 2.27. The quantitative estimate of drug-likeness (QED) is 0.905. The monoisotopic (exact) mass is 291 g/mol. The van der Waals surface area contributed by atoms with Crippen LogP contribution in [0.4, 0.5) is 8.78 Å². The van der Waals surface area contributed by atoms with Crippen molar-refractivity contribution in [3.8, 4) is 5.75 Å². The number of nitrogens with one attached hydrogen (secondary N) is 1. The molecule has 0 radical (unpaired) electrons. The molecule has 1 atom stereocenters. The van der Waals surface area contributed by atoms with Crippen molar-refractivity contribution < 1.29 is 13.5 Å². The molecule has 4 heteroatoms. The summed E-state index contributed by atoms with van der Waals surface area (Å²) < 4.78 is 33.2. The second kappa shape index (κ2) is 6.68. The predicted molar refractivity (Wildman–Crippen MR) is 79.6 cm³/mol. The van der Waals surface area contributed by atoms with Gasteiger partial charge in [-0.2, -0.15) is 0 Å². The maximum Gasteiger partial charge on any atom is 0.134 e. The third kappa shape index (κ3) is 3.58. The normalized spacial score (nSPS) is 12.2. The molecule has 0 heterocycles. The molecule has 112 valence electrons. The Labute approximate surface area is 123 Å². The Morgan fingerprint density at radius 3 is 2.14 bits per heavy atom. The van der Waals surface area contributed by atoms with Gasteiger partial charge in [-0.1, -0.05) is 29.8 Å². The van der Waals surface area contributed by atoms with Crippen molar-refractivity contribution in [1.29, 1.82) is 0 Å². The number of ether oxygens (including phenoxy) is 1. The maximum atomic E-state index is 14.1. The van der Waals surface area contributed by atoms with Crippen LogP contribution in [0.25, 0.3) is 0 Å². The lowest BCUT2D eigenvalue weighted by atomic mass is 9.97. The number of likely N-dealkylation sites (N-methyl/N-ethyl adjacent to an activating group) is 1. The van der Waals surface area contributed by atoms with Gasteiger partial charge in [0.05, 0.1) is 7.11 Å². The summed E-state index contributed by atoms with van der Waals surface area (Å²) in [7, 11) is 3.08. The van der Waals surface area contributed by atoms with Crippen LogP contribution in [0.5, 0.6) is 5.75 Å². The number of aryl methyl sites for hydroxylation is 1. The Morgan fingerprint density at radius 1 is 1.10 bits per heavy atom. The minimum Gasteiger partial charge on any atom is -0.497 e. The van der Waals surface area contributed by atoms with Crippen molar-refractivity contribution in [2.24, 2.45) is 0 Å². The van der Waals surface area contributed by atoms with Gasteiger partial charge >= 0.3 is 0 Å². The number of benzene rings is 2. The Bertz CT molecular complexity index is 588. The van der Waals surface area contributed by atoms with Gasteiger partial charge in [0.25, 0.3) is 0 Å². The Balaban J connectivity index is 2.31. The van der Waals surface area contributed by atoms with Crippen molar-refractivity contribution >= 4 is 0 Å². The highest BCUT2D eigenvalue weighted by Gasteiger charge is 2.20. The molecular formula is C17H19F2NO. The van der Waals surface area contributed by atoms with Gasteiger partial charge in [0.2, 0.25) is 0 Å². The topological polar surface area (TPSA) is 21.3 Å². The van der Waals surface area contributed by atoms with E-state index >= 15 is 0 Å². The second-order valence-corrected chi connectivity index (χ2v) is 5.04. The van der Waals surface area contributed by atoms with Crippen LogP contribution in [0.3, 0.4) is 0 Å². The van der Waals surface area contributed by atoms with Crippen LogP contribution >= 0.6 is 0 Å². The summed E-state index contributed by atoms with van der Waals surface area (Å²) in [5.41, 5.74) is 2.22. The summed E-state index contributed by atoms with van der Waals surface area (Å²) in [5.74, 6) is -1.02. The lowest BCUT2D eigenvalue weighted by molar-refractivity contribution is 0.401. The molecule has 0 fully saturated rings. The Kier molecular flexibility index (Phi) is 4.91. The van der Waals surface area contributed by atoms with Gasteiger partial charge in [-0.25, -0.2) is 8.78 Å². The van der Waals surface area contributed by atoms with Gasteiger partial charge in [-0.15, -0.1) is 0 Å². The highest BCUT2D eigenvalue weighted by atomic mass is 19.1. The van der Waals surface area contributed by atoms with Crippen LogP contribution in [-0.4, -0.2) is 14.2 Å². The van der Waals surface area contributed by atoms with Crippen LogP contribution in [0.15, 0.2) is 36.4 Å². The standard InChI is InChI=1S/C17H19F2NO/c1-11-4-6-12(7-5-11)8-16(20-2)17-14(18)9-13(21-3)10-15(17)19/h4-7,9-10,16,20H,8H2,1-3H3. The van der Waals surface area contributed by atoms with Gasteiger partial charge in [0.15, 0.2) is 0 Å². The zero-order valence-electron chi connectivity index (χ0n) is 12.4. The van der Waals surface area contributed by atoms with Crippen molar-refractivity contribution in [3.63, 3.8) is 0 Å². The number of hydrogen-bond acceptors (Lipinski definition) is 2. The summed E-state index contributed by atoms with van der Waals surface area (Å²) in [6.07, 6.45) is 0.511. The van der Waals surface area contributed by atoms with Crippen molar-refractivity contribution in [1.82, 2.24) is 5.32 Å². The van der Waals surface area contributed by atoms with Crippen LogP contribution in [-0.2, 0) is 6.42 Å². The smallest absolute Gasteiger partial charge is 0.134 e. The fourth-order valence-electron chi connectivity index (χ4n) is 2.32. The average molecular weight is 291 g/mol. The molecule has 0 aromatic heterocycles. The minimum atomic E-state index is -0.599. The van der Waals surface area contributed by atoms with E-state index in [9.17, 15) is 8.78 Å². The first kappa shape index (κ1) is 15.4. The van der Waals surface area contributed by atoms with E-state index in [1.54, 1.807) is 7.05 Å². The first-order valence-corrected chi connectivity index (χ1v) is 6.81. The zero-order valence-corrected chi connectivity index (χ0v) is 12.4. The number of methoxy groups -OCH3 is 1. The molecule has 2 aromatic carbocycles. The molecule has 0 saturated carbocycles. The van der Waals surface area contributed by atoms with E-state index in [0.29, 0.717) is 6.42 Å². The molecule has 0 aliphatic carbocycles. The van der Waals surface area contributed by atoms with Crippen LogP contribution in [0, 0.1) is 18.6 Å². The molecular weight excluding hydrogens is 272 g/mol. The highest BCUT2D eigenvalue weighted by molar-refractivity contribution is 5.34. The van der Waals surface area contributed by atoms with Gasteiger partial charge in [-0.05, 0) is 26.0 Å². The van der Waals surface area contributed by atoms with E-state index < -0.39 is 17.7 Å². The lowest BCUT2D eigenvalue weighted by Crippen LogP contribution is -2.21. The van der Waals surface area contributed by atoms with E-state index in [1.807, 2.05) is 31.2 Å². The summed E-state index contributed by atoms with van der Waals surface area (Å²) in [6, 6.07) is 9.90. The Morgan fingerprint density at radius 2 is 1.67 bits per heavy atom. The lowest BCUT2D eigenvalue weighted by Gasteiger charge is -2.19. The summed E-state index contributed by atoms with van der Waals surface area (Å²) >= 11 is 0. The van der Waals surface area contributed by atoms with E-state index in [2.05, 4.69) is 5.32 Å². The molecule has 2 aromatic rings. The SMILES string of the molecule is CNC(Cc1ccc(C)cc1)c1c(F)cc(OC)cc1F. The van der Waals surface area contributed by atoms with Crippen LogP contribution in [0.1, 0.15) is 22.7 Å². The maximum absolute atomic E-state index is 14.1. The molecule has 1 N–H and O–H groups in total. The van der Waals surface area contributed by atoms with Crippen molar-refractivity contribution in [2.75, 3.05) is 14.2 Å². The first-order chi connectivity index (χ1) is 10.0. The van der Waals surface area contributed by atoms with E-state index in [4.69, 9.17) is 4.74 Å². The minimum absolute atomic E-state index is 0.0406. The number of rotatable bonds is 5. The molecule has 2 rings (SSSR count). The third-order valence-electron chi connectivity index (χ3n) is 3.55. The molecule has 2 nitrogen and oxygen atoms in total. The number of halogens is 2. The van der Waals surface area contributed by atoms with Crippen LogP contribution < -0.4 is 10.1 Å². The molecule has 0 bridgehead atoms. The summed E-state index contributed by atoms with van der Waals surface area (Å²) in [5, 5.41) is 2.98. The third-order valence-corrected chi connectivity index (χ3v) is 3.55.